The van der Waals surface area contributed by atoms with Crippen molar-refractivity contribution in [3.05, 3.63) is 213 Å². The summed E-state index contributed by atoms with van der Waals surface area (Å²) in [5.74, 6) is 2.34. The number of ether oxygens (including phenoxy) is 1. The Balaban J connectivity index is 1.00. The molecular formula is C54H34N4O. The van der Waals surface area contributed by atoms with Crippen LogP contribution in [0.2, 0.25) is 0 Å². The maximum atomic E-state index is 6.76. The Hall–Kier alpha value is -8.02. The summed E-state index contributed by atoms with van der Waals surface area (Å²) in [7, 11) is 0. The highest BCUT2D eigenvalue weighted by Crippen LogP contribution is 2.43. The zero-order valence-electron chi connectivity index (χ0n) is 31.8. The van der Waals surface area contributed by atoms with Crippen LogP contribution in [0.4, 0.5) is 0 Å². The number of fused-ring (bicyclic) bond motifs is 10. The number of para-hydroxylation sites is 3. The quantitative estimate of drug-likeness (QED) is 0.130. The van der Waals surface area contributed by atoms with Crippen molar-refractivity contribution in [1.29, 1.82) is 0 Å². The van der Waals surface area contributed by atoms with Gasteiger partial charge in [0, 0.05) is 28.6 Å². The molecule has 276 valence electrons. The third-order valence-electron chi connectivity index (χ3n) is 11.6. The molecule has 0 spiro atoms. The Bertz CT molecular complexity index is 3430. The highest BCUT2D eigenvalue weighted by Gasteiger charge is 2.24. The molecule has 0 aliphatic carbocycles. The lowest BCUT2D eigenvalue weighted by atomic mass is 9.89. The third kappa shape index (κ3) is 5.25. The average molecular weight is 755 g/mol. The Kier molecular flexibility index (Phi) is 7.47. The lowest BCUT2D eigenvalue weighted by Crippen LogP contribution is -2.30. The monoisotopic (exact) mass is 754 g/mol. The van der Waals surface area contributed by atoms with Gasteiger partial charge in [-0.15, -0.1) is 0 Å². The lowest BCUT2D eigenvalue weighted by molar-refractivity contribution is -0.571. The maximum absolute atomic E-state index is 6.76. The van der Waals surface area contributed by atoms with Crippen molar-refractivity contribution in [2.45, 2.75) is 0 Å². The molecule has 1 aliphatic heterocycles. The number of hydrogen-bond acceptors (Lipinski definition) is 2. The molecule has 12 rings (SSSR count). The molecule has 1 aliphatic rings. The van der Waals surface area contributed by atoms with Crippen molar-refractivity contribution in [3.8, 4) is 73.2 Å². The number of rotatable bonds is 5. The fourth-order valence-electron chi connectivity index (χ4n) is 9.02. The summed E-state index contributed by atoms with van der Waals surface area (Å²) in [6.45, 7) is 0. The van der Waals surface area contributed by atoms with Gasteiger partial charge in [0.05, 0.1) is 33.4 Å². The standard InChI is InChI=1S/C54H34N4O/c1-2-15-36(16-3-1)40-26-14-32-55-54(40)58-50-28-11-9-24-46(50)47-31-30-39(34-52(47)58)59-38-18-12-17-37(33-38)56-35-57-49-27-10-8-23-45(49)43-21-6-4-19-41(43)42-20-5-7-22-44(42)48-25-13-29-51(56)53(48)57/h1-34H. The number of pyridine rings is 1. The van der Waals surface area contributed by atoms with Crippen LogP contribution >= 0.6 is 0 Å². The van der Waals surface area contributed by atoms with E-state index in [1.807, 2.05) is 24.4 Å². The molecule has 0 radical (unpaired) electrons. The van der Waals surface area contributed by atoms with E-state index in [9.17, 15) is 0 Å². The molecule has 5 nitrogen and oxygen atoms in total. The van der Waals surface area contributed by atoms with E-state index < -0.39 is 0 Å². The molecule has 11 aromatic rings. The second-order valence-electron chi connectivity index (χ2n) is 14.9. The molecule has 0 saturated carbocycles. The van der Waals surface area contributed by atoms with Crippen LogP contribution in [0.5, 0.6) is 11.5 Å². The van der Waals surface area contributed by atoms with Gasteiger partial charge < -0.3 is 4.74 Å². The molecule has 0 amide bonds. The molecule has 0 atom stereocenters. The van der Waals surface area contributed by atoms with Crippen LogP contribution in [0.25, 0.3) is 94.5 Å². The Morgan fingerprint density at radius 1 is 0.441 bits per heavy atom. The fraction of sp³-hybridized carbons (Fsp3) is 0. The average Bonchev–Trinajstić information content (AvgIpc) is 3.86. The minimum Gasteiger partial charge on any atom is -0.458 e. The fourth-order valence-corrected chi connectivity index (χ4v) is 9.02. The van der Waals surface area contributed by atoms with E-state index in [0.717, 1.165) is 83.8 Å². The van der Waals surface area contributed by atoms with Crippen LogP contribution in [-0.2, 0) is 0 Å². The van der Waals surface area contributed by atoms with Gasteiger partial charge >= 0.3 is 0 Å². The molecule has 0 unspecified atom stereocenters. The van der Waals surface area contributed by atoms with E-state index in [-0.39, 0.29) is 0 Å². The SMILES string of the molecule is [c-]1n(-c2cccc(Oc3ccc4c5ccccc5n(-c5ncccc5-c5ccccc5)c4c3)c2)c2cccc3c2[n+]1-c1ccccc1-c1ccccc1-c1ccccc1-3. The molecule has 0 bridgehead atoms. The van der Waals surface area contributed by atoms with E-state index >= 15 is 0 Å². The van der Waals surface area contributed by atoms with Crippen LogP contribution < -0.4 is 9.30 Å². The summed E-state index contributed by atoms with van der Waals surface area (Å²) in [6.07, 6.45) is 5.67. The topological polar surface area (TPSA) is 35.9 Å². The zero-order valence-corrected chi connectivity index (χ0v) is 31.8. The van der Waals surface area contributed by atoms with Crippen LogP contribution in [0.3, 0.4) is 0 Å². The summed E-state index contributed by atoms with van der Waals surface area (Å²) in [4.78, 5) is 4.97. The van der Waals surface area contributed by atoms with Gasteiger partial charge in [-0.05, 0) is 93.5 Å². The van der Waals surface area contributed by atoms with Crippen molar-refractivity contribution >= 4 is 32.8 Å². The first kappa shape index (κ1) is 33.2. The van der Waals surface area contributed by atoms with Gasteiger partial charge in [0.25, 0.3) is 6.33 Å². The molecule has 4 heterocycles. The smallest absolute Gasteiger partial charge is 0.269 e. The summed E-state index contributed by atoms with van der Waals surface area (Å²) >= 11 is 0. The predicted molar refractivity (Wildman–Crippen MR) is 238 cm³/mol. The number of nitrogens with zero attached hydrogens (tertiary/aromatic N) is 4. The Labute approximate surface area is 340 Å². The molecule has 5 heteroatoms. The van der Waals surface area contributed by atoms with Crippen molar-refractivity contribution < 1.29 is 9.30 Å². The first-order valence-electron chi connectivity index (χ1n) is 19.9. The predicted octanol–water partition coefficient (Wildman–Crippen LogP) is 13.0. The van der Waals surface area contributed by atoms with E-state index in [1.165, 1.54) is 22.3 Å². The van der Waals surface area contributed by atoms with Crippen molar-refractivity contribution in [1.82, 2.24) is 14.1 Å². The second kappa shape index (κ2) is 13.3. The highest BCUT2D eigenvalue weighted by atomic mass is 16.5. The highest BCUT2D eigenvalue weighted by molar-refractivity contribution is 6.10. The summed E-state index contributed by atoms with van der Waals surface area (Å²) in [6, 6.07) is 70.4. The van der Waals surface area contributed by atoms with Crippen molar-refractivity contribution in [2.75, 3.05) is 0 Å². The van der Waals surface area contributed by atoms with Gasteiger partial charge in [0.1, 0.15) is 17.3 Å². The molecule has 59 heavy (non-hydrogen) atoms. The molecule has 0 fully saturated rings. The molecule has 8 aromatic carbocycles. The van der Waals surface area contributed by atoms with E-state index in [2.05, 4.69) is 202 Å². The largest absolute Gasteiger partial charge is 0.458 e. The number of hydrogen-bond donors (Lipinski definition) is 0. The van der Waals surface area contributed by atoms with Gasteiger partial charge in [-0.3, -0.25) is 13.7 Å². The summed E-state index contributed by atoms with van der Waals surface area (Å²) in [5.41, 5.74) is 15.6. The molecule has 3 aromatic heterocycles. The Morgan fingerprint density at radius 2 is 1.05 bits per heavy atom. The van der Waals surface area contributed by atoms with Gasteiger partial charge in [0.15, 0.2) is 0 Å². The Morgan fingerprint density at radius 3 is 1.88 bits per heavy atom. The minimum atomic E-state index is 0.728. The van der Waals surface area contributed by atoms with E-state index in [0.29, 0.717) is 0 Å². The van der Waals surface area contributed by atoms with Gasteiger partial charge in [-0.1, -0.05) is 140 Å². The van der Waals surface area contributed by atoms with Gasteiger partial charge in [0.2, 0.25) is 0 Å². The second-order valence-corrected chi connectivity index (χ2v) is 14.9. The number of imidazole rings is 1. The number of benzene rings is 8. The zero-order chi connectivity index (χ0) is 38.9. The molecular weight excluding hydrogens is 721 g/mol. The molecule has 0 N–H and O–H groups in total. The van der Waals surface area contributed by atoms with E-state index in [4.69, 9.17) is 9.72 Å². The first-order valence-corrected chi connectivity index (χ1v) is 19.9. The first-order chi connectivity index (χ1) is 29.3. The summed E-state index contributed by atoms with van der Waals surface area (Å²) < 4.78 is 13.4. The summed E-state index contributed by atoms with van der Waals surface area (Å²) in [5, 5.41) is 2.30. The minimum absolute atomic E-state index is 0.728. The van der Waals surface area contributed by atoms with Crippen LogP contribution in [0, 0.1) is 6.33 Å². The van der Waals surface area contributed by atoms with Crippen molar-refractivity contribution in [3.63, 3.8) is 0 Å². The van der Waals surface area contributed by atoms with Gasteiger partial charge in [-0.2, -0.15) is 0 Å². The van der Waals surface area contributed by atoms with Crippen LogP contribution in [-0.4, -0.2) is 14.1 Å². The maximum Gasteiger partial charge on any atom is 0.269 e. The van der Waals surface area contributed by atoms with Gasteiger partial charge in [-0.25, -0.2) is 4.98 Å². The van der Waals surface area contributed by atoms with E-state index in [1.54, 1.807) is 0 Å². The number of aromatic nitrogens is 4. The van der Waals surface area contributed by atoms with Crippen LogP contribution in [0.15, 0.2) is 206 Å². The lowest BCUT2D eigenvalue weighted by Gasteiger charge is -2.15. The van der Waals surface area contributed by atoms with Crippen molar-refractivity contribution in [2.24, 2.45) is 0 Å². The normalized spacial score (nSPS) is 11.7. The van der Waals surface area contributed by atoms with Crippen LogP contribution in [0.1, 0.15) is 0 Å². The third-order valence-corrected chi connectivity index (χ3v) is 11.6. The molecule has 0 saturated heterocycles.